The normalized spacial score (nSPS) is 10.8. The average molecular weight is 365 g/mol. The minimum Gasteiger partial charge on any atom is -0.497 e. The maximum atomic E-state index is 6.25. The molecular formula is C21H17ClN2O2. The largest absolute Gasteiger partial charge is 0.497 e. The summed E-state index contributed by atoms with van der Waals surface area (Å²) in [4.78, 5) is 10.8. The predicted molar refractivity (Wildman–Crippen MR) is 103 cm³/mol. The zero-order valence-corrected chi connectivity index (χ0v) is 15.0. The van der Waals surface area contributed by atoms with E-state index in [0.29, 0.717) is 11.6 Å². The average Bonchev–Trinajstić information content (AvgIpc) is 3.06. The van der Waals surface area contributed by atoms with E-state index in [4.69, 9.17) is 26.2 Å². The molecule has 0 radical (unpaired) electrons. The molecule has 1 aromatic heterocycles. The number of hydrogen-bond acceptors (Lipinski definition) is 3. The first kappa shape index (κ1) is 16.5. The van der Waals surface area contributed by atoms with Crippen molar-refractivity contribution in [3.05, 3.63) is 83.4 Å². The molecular weight excluding hydrogens is 348 g/mol. The Morgan fingerprint density at radius 3 is 2.42 bits per heavy atom. The van der Waals surface area contributed by atoms with Gasteiger partial charge in [0.2, 0.25) is 0 Å². The zero-order valence-electron chi connectivity index (χ0n) is 14.2. The lowest BCUT2D eigenvalue weighted by Gasteiger charge is -2.12. The standard InChI is InChI=1S/C21H17ClN2O2/c1-25-17-12-10-15(11-13-17)21-23-19-8-4-5-9-20(19)24(21)26-14-16-6-2-3-7-18(16)22/h2-13H,14H2,1H3. The van der Waals surface area contributed by atoms with E-state index >= 15 is 0 Å². The maximum absolute atomic E-state index is 6.25. The molecule has 0 aliphatic rings. The second-order valence-electron chi connectivity index (χ2n) is 5.81. The van der Waals surface area contributed by atoms with Crippen molar-refractivity contribution in [1.29, 1.82) is 0 Å². The van der Waals surface area contributed by atoms with Gasteiger partial charge in [-0.2, -0.15) is 4.73 Å². The fourth-order valence-corrected chi connectivity index (χ4v) is 3.00. The van der Waals surface area contributed by atoms with E-state index in [2.05, 4.69) is 0 Å². The van der Waals surface area contributed by atoms with Crippen molar-refractivity contribution in [1.82, 2.24) is 9.71 Å². The van der Waals surface area contributed by atoms with Crippen LogP contribution in [0.5, 0.6) is 5.75 Å². The van der Waals surface area contributed by atoms with Crippen LogP contribution in [0.15, 0.2) is 72.8 Å². The van der Waals surface area contributed by atoms with Gasteiger partial charge in [-0.3, -0.25) is 0 Å². The molecule has 0 unspecified atom stereocenters. The van der Waals surface area contributed by atoms with Crippen molar-refractivity contribution in [3.8, 4) is 17.1 Å². The van der Waals surface area contributed by atoms with Crippen LogP contribution in [0, 0.1) is 0 Å². The van der Waals surface area contributed by atoms with Gasteiger partial charge in [-0.15, -0.1) is 0 Å². The Balaban J connectivity index is 1.75. The Labute approximate surface area is 156 Å². The number of para-hydroxylation sites is 2. The van der Waals surface area contributed by atoms with Crippen LogP contribution in [0.4, 0.5) is 0 Å². The van der Waals surface area contributed by atoms with Gasteiger partial charge in [-0.05, 0) is 42.5 Å². The van der Waals surface area contributed by atoms with Crippen LogP contribution in [0.2, 0.25) is 5.02 Å². The number of rotatable bonds is 5. The van der Waals surface area contributed by atoms with Gasteiger partial charge in [0.1, 0.15) is 17.9 Å². The number of methoxy groups -OCH3 is 1. The van der Waals surface area contributed by atoms with Crippen LogP contribution >= 0.6 is 11.6 Å². The Morgan fingerprint density at radius 2 is 1.65 bits per heavy atom. The van der Waals surface area contributed by atoms with E-state index in [0.717, 1.165) is 33.7 Å². The number of hydrogen-bond donors (Lipinski definition) is 0. The number of ether oxygens (including phenoxy) is 1. The van der Waals surface area contributed by atoms with E-state index < -0.39 is 0 Å². The highest BCUT2D eigenvalue weighted by Gasteiger charge is 2.14. The number of imidazole rings is 1. The van der Waals surface area contributed by atoms with Gasteiger partial charge in [0, 0.05) is 16.1 Å². The molecule has 0 bridgehead atoms. The predicted octanol–water partition coefficient (Wildman–Crippen LogP) is 4.99. The van der Waals surface area contributed by atoms with Gasteiger partial charge in [0.05, 0.1) is 12.6 Å². The van der Waals surface area contributed by atoms with Gasteiger partial charge >= 0.3 is 0 Å². The van der Waals surface area contributed by atoms with Crippen molar-refractivity contribution >= 4 is 22.6 Å². The molecule has 0 atom stereocenters. The zero-order chi connectivity index (χ0) is 17.9. The molecule has 0 spiro atoms. The van der Waals surface area contributed by atoms with Gasteiger partial charge in [-0.1, -0.05) is 41.9 Å². The summed E-state index contributed by atoms with van der Waals surface area (Å²) >= 11 is 6.25. The van der Waals surface area contributed by atoms with Crippen LogP contribution in [-0.4, -0.2) is 16.8 Å². The minimum atomic E-state index is 0.350. The summed E-state index contributed by atoms with van der Waals surface area (Å²) in [5, 5.41) is 0.683. The molecule has 3 aromatic carbocycles. The SMILES string of the molecule is COc1ccc(-c2nc3ccccc3n2OCc2ccccc2Cl)cc1. The lowest BCUT2D eigenvalue weighted by Crippen LogP contribution is -2.12. The van der Waals surface area contributed by atoms with Crippen molar-refractivity contribution < 1.29 is 9.57 Å². The van der Waals surface area contributed by atoms with E-state index in [-0.39, 0.29) is 0 Å². The third-order valence-electron chi connectivity index (χ3n) is 4.17. The summed E-state index contributed by atoms with van der Waals surface area (Å²) in [6.45, 7) is 0.350. The molecule has 4 aromatic rings. The van der Waals surface area contributed by atoms with Crippen LogP contribution in [-0.2, 0) is 6.61 Å². The van der Waals surface area contributed by atoms with Gasteiger partial charge in [0.15, 0.2) is 5.82 Å². The highest BCUT2D eigenvalue weighted by atomic mass is 35.5. The fourth-order valence-electron chi connectivity index (χ4n) is 2.81. The number of nitrogens with zero attached hydrogens (tertiary/aromatic N) is 2. The van der Waals surface area contributed by atoms with Crippen LogP contribution in [0.3, 0.4) is 0 Å². The number of halogens is 1. The first-order valence-corrected chi connectivity index (χ1v) is 8.62. The van der Waals surface area contributed by atoms with Gasteiger partial charge in [0.25, 0.3) is 0 Å². The van der Waals surface area contributed by atoms with Crippen molar-refractivity contribution in [2.75, 3.05) is 7.11 Å². The molecule has 0 aliphatic heterocycles. The quantitative estimate of drug-likeness (QED) is 0.500. The van der Waals surface area contributed by atoms with Crippen LogP contribution in [0.1, 0.15) is 5.56 Å². The molecule has 130 valence electrons. The lowest BCUT2D eigenvalue weighted by atomic mass is 10.2. The molecule has 0 saturated carbocycles. The minimum absolute atomic E-state index is 0.350. The molecule has 4 nitrogen and oxygen atoms in total. The molecule has 0 amide bonds. The summed E-state index contributed by atoms with van der Waals surface area (Å²) < 4.78 is 7.00. The summed E-state index contributed by atoms with van der Waals surface area (Å²) in [6, 6.07) is 23.3. The van der Waals surface area contributed by atoms with E-state index in [1.165, 1.54) is 0 Å². The molecule has 26 heavy (non-hydrogen) atoms. The first-order valence-electron chi connectivity index (χ1n) is 8.25. The Bertz CT molecular complexity index is 1040. The van der Waals surface area contributed by atoms with Crippen molar-refractivity contribution in [3.63, 3.8) is 0 Å². The molecule has 0 N–H and O–H groups in total. The highest BCUT2D eigenvalue weighted by molar-refractivity contribution is 6.31. The molecule has 4 rings (SSSR count). The number of fused-ring (bicyclic) bond motifs is 1. The first-order chi connectivity index (χ1) is 12.8. The smallest absolute Gasteiger partial charge is 0.176 e. The van der Waals surface area contributed by atoms with Gasteiger partial charge in [-0.25, -0.2) is 4.98 Å². The van der Waals surface area contributed by atoms with Crippen LogP contribution in [0.25, 0.3) is 22.4 Å². The molecule has 5 heteroatoms. The Hall–Kier alpha value is -2.98. The van der Waals surface area contributed by atoms with Crippen LogP contribution < -0.4 is 9.57 Å². The fraction of sp³-hybridized carbons (Fsp3) is 0.0952. The van der Waals surface area contributed by atoms with E-state index in [9.17, 15) is 0 Å². The summed E-state index contributed by atoms with van der Waals surface area (Å²) in [5.74, 6) is 1.54. The lowest BCUT2D eigenvalue weighted by molar-refractivity contribution is 0.110. The summed E-state index contributed by atoms with van der Waals surface area (Å²) in [6.07, 6.45) is 0. The summed E-state index contributed by atoms with van der Waals surface area (Å²) in [5.41, 5.74) is 3.65. The molecule has 1 heterocycles. The highest BCUT2D eigenvalue weighted by Crippen LogP contribution is 2.26. The number of aromatic nitrogens is 2. The van der Waals surface area contributed by atoms with E-state index in [1.54, 1.807) is 11.8 Å². The maximum Gasteiger partial charge on any atom is 0.176 e. The summed E-state index contributed by atoms with van der Waals surface area (Å²) in [7, 11) is 1.65. The second-order valence-corrected chi connectivity index (χ2v) is 6.22. The third kappa shape index (κ3) is 3.11. The molecule has 0 saturated heterocycles. The van der Waals surface area contributed by atoms with Crippen molar-refractivity contribution in [2.45, 2.75) is 6.61 Å². The second kappa shape index (κ2) is 7.10. The van der Waals surface area contributed by atoms with Crippen molar-refractivity contribution in [2.24, 2.45) is 0 Å². The van der Waals surface area contributed by atoms with E-state index in [1.807, 2.05) is 72.8 Å². The Kier molecular flexibility index (Phi) is 4.50. The molecule has 0 fully saturated rings. The topological polar surface area (TPSA) is 36.3 Å². The van der Waals surface area contributed by atoms with Gasteiger partial charge < -0.3 is 9.57 Å². The third-order valence-corrected chi connectivity index (χ3v) is 4.54. The Morgan fingerprint density at radius 1 is 0.923 bits per heavy atom. The number of benzene rings is 3. The molecule has 0 aliphatic carbocycles. The monoisotopic (exact) mass is 364 g/mol.